The number of hydrogen-bond donors (Lipinski definition) is 1. The van der Waals surface area contributed by atoms with Gasteiger partial charge in [0.05, 0.1) is 12.0 Å². The van der Waals surface area contributed by atoms with E-state index in [4.69, 9.17) is 19.1 Å². The molecule has 2 bridgehead atoms. The summed E-state index contributed by atoms with van der Waals surface area (Å²) in [6, 6.07) is 0. The molecule has 4 aliphatic rings. The van der Waals surface area contributed by atoms with Crippen molar-refractivity contribution in [3.8, 4) is 0 Å². The molecular formula is C22H32O7. The third kappa shape index (κ3) is 3.22. The second kappa shape index (κ2) is 7.06. The normalized spacial score (nSPS) is 49.3. The molecule has 0 aromatic heterocycles. The molecule has 0 aromatic rings. The lowest BCUT2D eigenvalue weighted by Gasteiger charge is -2.48. The van der Waals surface area contributed by atoms with Crippen LogP contribution in [0, 0.1) is 23.7 Å². The fourth-order valence-electron chi connectivity index (χ4n) is 6.55. The van der Waals surface area contributed by atoms with Gasteiger partial charge in [-0.1, -0.05) is 13.5 Å². The third-order valence-corrected chi connectivity index (χ3v) is 7.94. The Kier molecular flexibility index (Phi) is 5.07. The summed E-state index contributed by atoms with van der Waals surface area (Å²) in [4.78, 5) is 29.6. The van der Waals surface area contributed by atoms with Crippen molar-refractivity contribution in [2.24, 2.45) is 23.7 Å². The molecule has 29 heavy (non-hydrogen) atoms. The van der Waals surface area contributed by atoms with Crippen LogP contribution in [-0.4, -0.2) is 46.7 Å². The zero-order chi connectivity index (χ0) is 21.1. The Morgan fingerprint density at radius 2 is 2.00 bits per heavy atom. The molecular weight excluding hydrogens is 376 g/mol. The SMILES string of the molecule is C=C1C[C@H]2O[C@@H]3[C@@H]4[C@H](CC[C@](C)(OC(C)=O)[C@@H]42)[C@H](C)C(=O)O[C@]3(C)CC[C@@H]1OO. The van der Waals surface area contributed by atoms with Gasteiger partial charge in [0.2, 0.25) is 0 Å². The summed E-state index contributed by atoms with van der Waals surface area (Å²) in [6.07, 6.45) is 1.85. The number of esters is 2. The van der Waals surface area contributed by atoms with E-state index in [1.807, 2.05) is 20.8 Å². The topological polar surface area (TPSA) is 91.3 Å². The molecule has 162 valence electrons. The van der Waals surface area contributed by atoms with Crippen LogP contribution < -0.4 is 0 Å². The van der Waals surface area contributed by atoms with Gasteiger partial charge in [0.15, 0.2) is 0 Å². The van der Waals surface area contributed by atoms with Crippen LogP contribution in [0.2, 0.25) is 0 Å². The Hall–Kier alpha value is -1.44. The van der Waals surface area contributed by atoms with Crippen LogP contribution in [-0.2, 0) is 28.7 Å². The smallest absolute Gasteiger partial charge is 0.309 e. The second-order valence-corrected chi connectivity index (χ2v) is 9.82. The largest absolute Gasteiger partial charge is 0.459 e. The molecule has 0 spiro atoms. The Labute approximate surface area is 171 Å². The van der Waals surface area contributed by atoms with Crippen LogP contribution in [0.15, 0.2) is 12.2 Å². The minimum Gasteiger partial charge on any atom is -0.459 e. The number of ether oxygens (including phenoxy) is 3. The van der Waals surface area contributed by atoms with Gasteiger partial charge in [0.25, 0.3) is 0 Å². The standard InChI is InChI=1S/C22H32O7/c1-11-10-16-18-17-14(6-8-21(18,4)27-13(3)23)12(2)20(24)28-22(5,19(17)26-16)9-7-15(11)29-25/h12,14-19,25H,1,6-10H2,2-5H3/t12-,14+,15-,16+,17+,18+,19+,21-,22+/m0/s1. The molecule has 9 atom stereocenters. The summed E-state index contributed by atoms with van der Waals surface area (Å²) >= 11 is 0. The summed E-state index contributed by atoms with van der Waals surface area (Å²) in [6.45, 7) is 11.4. The van der Waals surface area contributed by atoms with Crippen LogP contribution in [0.1, 0.15) is 59.8 Å². The Morgan fingerprint density at radius 1 is 1.28 bits per heavy atom. The number of rotatable bonds is 2. The summed E-state index contributed by atoms with van der Waals surface area (Å²) < 4.78 is 18.6. The highest BCUT2D eigenvalue weighted by atomic mass is 17.1. The highest BCUT2D eigenvalue weighted by molar-refractivity contribution is 5.73. The van der Waals surface area contributed by atoms with Crippen LogP contribution >= 0.6 is 0 Å². The summed E-state index contributed by atoms with van der Waals surface area (Å²) in [5, 5.41) is 9.42. The second-order valence-electron chi connectivity index (χ2n) is 9.82. The highest BCUT2D eigenvalue weighted by Crippen LogP contribution is 2.59. The van der Waals surface area contributed by atoms with Crippen LogP contribution in [0.3, 0.4) is 0 Å². The van der Waals surface area contributed by atoms with E-state index in [-0.39, 0.29) is 47.8 Å². The van der Waals surface area contributed by atoms with E-state index in [0.29, 0.717) is 25.7 Å². The van der Waals surface area contributed by atoms with Gasteiger partial charge < -0.3 is 14.2 Å². The molecule has 0 aromatic carbocycles. The van der Waals surface area contributed by atoms with Crippen molar-refractivity contribution in [3.05, 3.63) is 12.2 Å². The molecule has 0 unspecified atom stereocenters. The van der Waals surface area contributed by atoms with E-state index in [0.717, 1.165) is 12.0 Å². The van der Waals surface area contributed by atoms with Gasteiger partial charge in [-0.2, -0.15) is 0 Å². The Morgan fingerprint density at radius 3 is 2.66 bits per heavy atom. The fraction of sp³-hybridized carbons (Fsp3) is 0.818. The maximum absolute atomic E-state index is 12.9. The van der Waals surface area contributed by atoms with E-state index in [9.17, 15) is 14.8 Å². The average molecular weight is 408 g/mol. The average Bonchev–Trinajstić information content (AvgIpc) is 3.00. The Balaban J connectivity index is 1.83. The molecule has 3 aliphatic heterocycles. The van der Waals surface area contributed by atoms with E-state index in [1.165, 1.54) is 6.92 Å². The highest BCUT2D eigenvalue weighted by Gasteiger charge is 2.66. The maximum Gasteiger partial charge on any atom is 0.309 e. The molecule has 1 N–H and O–H groups in total. The minimum atomic E-state index is -0.840. The van der Waals surface area contributed by atoms with Gasteiger partial charge in [0.1, 0.15) is 23.4 Å². The zero-order valence-electron chi connectivity index (χ0n) is 17.7. The molecule has 0 amide bonds. The number of fused-ring (bicyclic) bond motifs is 2. The van der Waals surface area contributed by atoms with Crippen molar-refractivity contribution in [2.75, 3.05) is 0 Å². The quantitative estimate of drug-likeness (QED) is 0.324. The molecule has 1 saturated carbocycles. The zero-order valence-corrected chi connectivity index (χ0v) is 17.7. The van der Waals surface area contributed by atoms with E-state index >= 15 is 0 Å². The predicted molar refractivity (Wildman–Crippen MR) is 103 cm³/mol. The first-order chi connectivity index (χ1) is 13.6. The third-order valence-electron chi connectivity index (χ3n) is 7.94. The number of carbonyl (C=O) groups excluding carboxylic acids is 2. The fourth-order valence-corrected chi connectivity index (χ4v) is 6.55. The lowest BCUT2D eigenvalue weighted by molar-refractivity contribution is -0.272. The molecule has 7 nitrogen and oxygen atoms in total. The maximum atomic E-state index is 12.9. The summed E-state index contributed by atoms with van der Waals surface area (Å²) in [5.74, 6) is -0.686. The van der Waals surface area contributed by atoms with E-state index < -0.39 is 17.3 Å². The molecule has 3 saturated heterocycles. The Bertz CT molecular complexity index is 720. The van der Waals surface area contributed by atoms with Gasteiger partial charge in [-0.05, 0) is 57.4 Å². The first-order valence-electron chi connectivity index (χ1n) is 10.7. The van der Waals surface area contributed by atoms with Crippen molar-refractivity contribution in [2.45, 2.75) is 89.3 Å². The lowest BCUT2D eigenvalue weighted by atomic mass is 9.58. The summed E-state index contributed by atoms with van der Waals surface area (Å²) in [7, 11) is 0. The molecule has 3 heterocycles. The molecule has 4 fully saturated rings. The predicted octanol–water partition coefficient (Wildman–Crippen LogP) is 3.27. The first-order valence-corrected chi connectivity index (χ1v) is 10.7. The first kappa shape index (κ1) is 20.8. The van der Waals surface area contributed by atoms with E-state index in [2.05, 4.69) is 6.58 Å². The van der Waals surface area contributed by atoms with Crippen molar-refractivity contribution in [3.63, 3.8) is 0 Å². The van der Waals surface area contributed by atoms with Gasteiger partial charge >= 0.3 is 11.9 Å². The van der Waals surface area contributed by atoms with Crippen molar-refractivity contribution in [1.82, 2.24) is 0 Å². The van der Waals surface area contributed by atoms with Crippen molar-refractivity contribution >= 4 is 11.9 Å². The van der Waals surface area contributed by atoms with Gasteiger partial charge in [-0.25, -0.2) is 4.89 Å². The van der Waals surface area contributed by atoms with Crippen LogP contribution in [0.4, 0.5) is 0 Å². The molecule has 4 rings (SSSR count). The molecule has 7 heteroatoms. The van der Waals surface area contributed by atoms with Gasteiger partial charge in [-0.15, -0.1) is 0 Å². The monoisotopic (exact) mass is 408 g/mol. The molecule has 1 aliphatic carbocycles. The van der Waals surface area contributed by atoms with Crippen molar-refractivity contribution < 1.29 is 33.9 Å². The van der Waals surface area contributed by atoms with Gasteiger partial charge in [-0.3, -0.25) is 14.8 Å². The molecule has 0 radical (unpaired) electrons. The van der Waals surface area contributed by atoms with Crippen molar-refractivity contribution in [1.29, 1.82) is 0 Å². The summed E-state index contributed by atoms with van der Waals surface area (Å²) in [5.41, 5.74) is -0.782. The lowest BCUT2D eigenvalue weighted by Crippen LogP contribution is -2.54. The number of hydrogen-bond acceptors (Lipinski definition) is 7. The number of carbonyl (C=O) groups is 2. The minimum absolute atomic E-state index is 0.0453. The van der Waals surface area contributed by atoms with E-state index in [1.54, 1.807) is 0 Å². The van der Waals surface area contributed by atoms with Crippen LogP contribution in [0.25, 0.3) is 0 Å². The van der Waals surface area contributed by atoms with Crippen LogP contribution in [0.5, 0.6) is 0 Å². The van der Waals surface area contributed by atoms with Gasteiger partial charge in [0, 0.05) is 18.8 Å².